The summed E-state index contributed by atoms with van der Waals surface area (Å²) in [4.78, 5) is 0. The van der Waals surface area contributed by atoms with Crippen LogP contribution in [0.2, 0.25) is 0 Å². The van der Waals surface area contributed by atoms with Crippen LogP contribution in [0.1, 0.15) is 46.5 Å². The van der Waals surface area contributed by atoms with Gasteiger partial charge < -0.3 is 19.7 Å². The fourth-order valence-electron chi connectivity index (χ4n) is 4.83. The second-order valence-corrected chi connectivity index (χ2v) is 7.62. The summed E-state index contributed by atoms with van der Waals surface area (Å²) >= 11 is 0. The quantitative estimate of drug-likeness (QED) is 0.817. The van der Waals surface area contributed by atoms with Gasteiger partial charge in [-0.15, -0.1) is 0 Å². The zero-order valence-electron chi connectivity index (χ0n) is 14.0. The van der Waals surface area contributed by atoms with Crippen LogP contribution in [0, 0.1) is 23.2 Å². The fraction of sp³-hybridized carbons (Fsp3) is 1.00. The van der Waals surface area contributed by atoms with E-state index in [1.54, 1.807) is 0 Å². The standard InChI is InChI=1S/C17H32O4/c1-12-9-15(20-4)17(3)6-5-16(2,21-8-7-18)10-14(17)13(12)11-19/h12-15,18-19H,5-11H2,1-4H3/t12-,13?,14?,15+,16?,17+/m1/s1. The molecule has 2 N–H and O–H groups in total. The highest BCUT2D eigenvalue weighted by Gasteiger charge is 2.55. The third-order valence-corrected chi connectivity index (χ3v) is 6.30. The van der Waals surface area contributed by atoms with Crippen LogP contribution in [0.4, 0.5) is 0 Å². The first-order valence-corrected chi connectivity index (χ1v) is 8.28. The maximum atomic E-state index is 9.90. The number of methoxy groups -OCH3 is 1. The Morgan fingerprint density at radius 3 is 2.48 bits per heavy atom. The molecule has 0 saturated heterocycles. The Balaban J connectivity index is 2.22. The first kappa shape index (κ1) is 17.2. The maximum Gasteiger partial charge on any atom is 0.0705 e. The van der Waals surface area contributed by atoms with Gasteiger partial charge in [0.15, 0.2) is 0 Å². The van der Waals surface area contributed by atoms with E-state index in [0.717, 1.165) is 25.7 Å². The second kappa shape index (κ2) is 6.53. The molecule has 0 aliphatic heterocycles. The maximum absolute atomic E-state index is 9.90. The molecule has 2 aliphatic carbocycles. The highest BCUT2D eigenvalue weighted by Crippen LogP contribution is 2.57. The van der Waals surface area contributed by atoms with Crippen LogP contribution in [0.25, 0.3) is 0 Å². The molecule has 0 amide bonds. The average Bonchev–Trinajstić information content (AvgIpc) is 2.46. The van der Waals surface area contributed by atoms with E-state index < -0.39 is 0 Å². The summed E-state index contributed by atoms with van der Waals surface area (Å²) in [6, 6.07) is 0. The van der Waals surface area contributed by atoms with Crippen molar-refractivity contribution in [2.45, 2.75) is 58.2 Å². The van der Waals surface area contributed by atoms with Crippen LogP contribution in [-0.4, -0.2) is 48.8 Å². The van der Waals surface area contributed by atoms with Gasteiger partial charge in [0.25, 0.3) is 0 Å². The first-order valence-electron chi connectivity index (χ1n) is 8.28. The number of aliphatic hydroxyl groups is 2. The Morgan fingerprint density at radius 1 is 1.19 bits per heavy atom. The lowest BCUT2D eigenvalue weighted by Gasteiger charge is -2.58. The fourth-order valence-corrected chi connectivity index (χ4v) is 4.83. The number of fused-ring (bicyclic) bond motifs is 1. The van der Waals surface area contributed by atoms with Crippen LogP contribution in [0.15, 0.2) is 0 Å². The molecule has 6 atom stereocenters. The monoisotopic (exact) mass is 300 g/mol. The molecule has 0 heterocycles. The summed E-state index contributed by atoms with van der Waals surface area (Å²) in [5.41, 5.74) is -0.0631. The van der Waals surface area contributed by atoms with Gasteiger partial charge in [-0.1, -0.05) is 13.8 Å². The van der Waals surface area contributed by atoms with Gasteiger partial charge in [0, 0.05) is 13.7 Å². The van der Waals surface area contributed by atoms with Gasteiger partial charge in [-0.2, -0.15) is 0 Å². The molecule has 2 saturated carbocycles. The molecule has 3 unspecified atom stereocenters. The smallest absolute Gasteiger partial charge is 0.0705 e. The first-order chi connectivity index (χ1) is 9.90. The van der Waals surface area contributed by atoms with Gasteiger partial charge in [0.2, 0.25) is 0 Å². The van der Waals surface area contributed by atoms with Crippen molar-refractivity contribution in [2.75, 3.05) is 26.9 Å². The Morgan fingerprint density at radius 2 is 1.90 bits per heavy atom. The molecule has 0 aromatic carbocycles. The Labute approximate surface area is 128 Å². The molecular weight excluding hydrogens is 268 g/mol. The minimum atomic E-state index is -0.185. The minimum Gasteiger partial charge on any atom is -0.396 e. The van der Waals surface area contributed by atoms with Crippen molar-refractivity contribution in [3.63, 3.8) is 0 Å². The van der Waals surface area contributed by atoms with Gasteiger partial charge in [0.05, 0.1) is 24.9 Å². The number of hydrogen-bond acceptors (Lipinski definition) is 4. The second-order valence-electron chi connectivity index (χ2n) is 7.62. The van der Waals surface area contributed by atoms with Crippen molar-refractivity contribution in [1.29, 1.82) is 0 Å². The summed E-state index contributed by atoms with van der Waals surface area (Å²) in [6.07, 6.45) is 4.29. The molecule has 124 valence electrons. The van der Waals surface area contributed by atoms with E-state index in [1.165, 1.54) is 0 Å². The Hall–Kier alpha value is -0.160. The van der Waals surface area contributed by atoms with Crippen LogP contribution < -0.4 is 0 Å². The van der Waals surface area contributed by atoms with E-state index in [1.807, 2.05) is 7.11 Å². The third kappa shape index (κ3) is 3.14. The van der Waals surface area contributed by atoms with E-state index >= 15 is 0 Å². The van der Waals surface area contributed by atoms with Gasteiger partial charge in [-0.3, -0.25) is 0 Å². The molecule has 2 aliphatic rings. The summed E-state index contributed by atoms with van der Waals surface area (Å²) in [6.45, 7) is 7.41. The minimum absolute atomic E-state index is 0.0675. The molecule has 21 heavy (non-hydrogen) atoms. The lowest BCUT2D eigenvalue weighted by molar-refractivity contribution is -0.186. The lowest BCUT2D eigenvalue weighted by atomic mass is 9.51. The van der Waals surface area contributed by atoms with E-state index in [2.05, 4.69) is 20.8 Å². The molecule has 2 fully saturated rings. The highest BCUT2D eigenvalue weighted by atomic mass is 16.5. The molecule has 0 aromatic heterocycles. The van der Waals surface area contributed by atoms with Gasteiger partial charge >= 0.3 is 0 Å². The SMILES string of the molecule is CO[C@H]1C[C@@H](C)C(CO)C2CC(C)(OCCO)CC[C@@]21C. The number of ether oxygens (including phenoxy) is 2. The molecule has 0 spiro atoms. The summed E-state index contributed by atoms with van der Waals surface area (Å²) < 4.78 is 11.8. The van der Waals surface area contributed by atoms with Crippen LogP contribution in [0.3, 0.4) is 0 Å². The normalized spacial score (nSPS) is 47.1. The zero-order chi connectivity index (χ0) is 15.7. The van der Waals surface area contributed by atoms with Gasteiger partial charge in [-0.05, 0) is 55.8 Å². The van der Waals surface area contributed by atoms with Gasteiger partial charge in [-0.25, -0.2) is 0 Å². The lowest BCUT2D eigenvalue weighted by Crippen LogP contribution is -2.57. The molecule has 4 nitrogen and oxygen atoms in total. The molecular formula is C17H32O4. The van der Waals surface area contributed by atoms with Crippen LogP contribution in [0.5, 0.6) is 0 Å². The van der Waals surface area contributed by atoms with Crippen molar-refractivity contribution < 1.29 is 19.7 Å². The van der Waals surface area contributed by atoms with Crippen LogP contribution in [-0.2, 0) is 9.47 Å². The highest BCUT2D eigenvalue weighted by molar-refractivity contribution is 5.05. The van der Waals surface area contributed by atoms with Crippen molar-refractivity contribution >= 4 is 0 Å². The van der Waals surface area contributed by atoms with E-state index in [9.17, 15) is 5.11 Å². The van der Waals surface area contributed by atoms with Gasteiger partial charge in [0.1, 0.15) is 0 Å². The van der Waals surface area contributed by atoms with Crippen molar-refractivity contribution in [1.82, 2.24) is 0 Å². The molecule has 4 heteroatoms. The third-order valence-electron chi connectivity index (χ3n) is 6.30. The van der Waals surface area contributed by atoms with E-state index in [4.69, 9.17) is 14.6 Å². The predicted molar refractivity (Wildman–Crippen MR) is 82.0 cm³/mol. The van der Waals surface area contributed by atoms with Crippen LogP contribution >= 0.6 is 0 Å². The molecule has 0 aromatic rings. The molecule has 0 radical (unpaired) electrons. The Kier molecular flexibility index (Phi) is 5.35. The predicted octanol–water partition coefficient (Wildman–Crippen LogP) is 2.22. The van der Waals surface area contributed by atoms with E-state index in [-0.39, 0.29) is 30.3 Å². The summed E-state index contributed by atoms with van der Waals surface area (Å²) in [7, 11) is 1.81. The number of aliphatic hydroxyl groups excluding tert-OH is 2. The summed E-state index contributed by atoms with van der Waals surface area (Å²) in [5.74, 6) is 1.20. The number of hydrogen-bond donors (Lipinski definition) is 2. The largest absolute Gasteiger partial charge is 0.396 e. The van der Waals surface area contributed by atoms with Crippen molar-refractivity contribution in [3.8, 4) is 0 Å². The topological polar surface area (TPSA) is 58.9 Å². The molecule has 2 rings (SSSR count). The summed E-state index contributed by atoms with van der Waals surface area (Å²) in [5, 5.41) is 18.9. The van der Waals surface area contributed by atoms with Crippen molar-refractivity contribution in [2.24, 2.45) is 23.2 Å². The van der Waals surface area contributed by atoms with E-state index in [0.29, 0.717) is 24.4 Å². The van der Waals surface area contributed by atoms with Crippen molar-refractivity contribution in [3.05, 3.63) is 0 Å². The zero-order valence-corrected chi connectivity index (χ0v) is 14.0. The number of rotatable bonds is 5. The average molecular weight is 300 g/mol. The Bertz CT molecular complexity index is 348. The molecule has 0 bridgehead atoms.